The van der Waals surface area contributed by atoms with Gasteiger partial charge in [0.1, 0.15) is 5.75 Å². The SMILES string of the molecule is Cc1ccccc1OCC(=O)Nc1cnn(CCN(C)C)c1. The minimum Gasteiger partial charge on any atom is -0.483 e. The quantitative estimate of drug-likeness (QED) is 0.847. The van der Waals surface area contributed by atoms with Crippen molar-refractivity contribution in [2.45, 2.75) is 13.5 Å². The molecule has 118 valence electrons. The second kappa shape index (κ2) is 7.61. The van der Waals surface area contributed by atoms with E-state index >= 15 is 0 Å². The summed E-state index contributed by atoms with van der Waals surface area (Å²) < 4.78 is 7.31. The molecule has 0 saturated carbocycles. The molecule has 0 atom stereocenters. The zero-order valence-corrected chi connectivity index (χ0v) is 13.2. The Morgan fingerprint density at radius 1 is 1.36 bits per heavy atom. The molecule has 0 spiro atoms. The molecule has 1 aromatic heterocycles. The minimum atomic E-state index is -0.199. The Morgan fingerprint density at radius 2 is 2.14 bits per heavy atom. The summed E-state index contributed by atoms with van der Waals surface area (Å²) in [5.74, 6) is 0.523. The molecule has 0 aliphatic rings. The maximum atomic E-state index is 11.9. The summed E-state index contributed by atoms with van der Waals surface area (Å²) in [5.41, 5.74) is 1.68. The van der Waals surface area contributed by atoms with Gasteiger partial charge in [-0.05, 0) is 32.6 Å². The fourth-order valence-electron chi connectivity index (χ4n) is 1.91. The second-order valence-electron chi connectivity index (χ2n) is 5.40. The third kappa shape index (κ3) is 4.89. The highest BCUT2D eigenvalue weighted by Crippen LogP contribution is 2.16. The number of aromatic nitrogens is 2. The topological polar surface area (TPSA) is 59.4 Å². The maximum absolute atomic E-state index is 11.9. The highest BCUT2D eigenvalue weighted by Gasteiger charge is 2.07. The van der Waals surface area contributed by atoms with E-state index in [0.717, 1.165) is 24.4 Å². The van der Waals surface area contributed by atoms with Crippen molar-refractivity contribution < 1.29 is 9.53 Å². The van der Waals surface area contributed by atoms with Gasteiger partial charge in [-0.3, -0.25) is 9.48 Å². The van der Waals surface area contributed by atoms with E-state index in [-0.39, 0.29) is 12.5 Å². The summed E-state index contributed by atoms with van der Waals surface area (Å²) in [6.45, 7) is 3.60. The molecule has 1 aromatic carbocycles. The summed E-state index contributed by atoms with van der Waals surface area (Å²) in [6.07, 6.45) is 3.45. The molecule has 6 nitrogen and oxygen atoms in total. The van der Waals surface area contributed by atoms with E-state index in [9.17, 15) is 4.79 Å². The number of hydrogen-bond acceptors (Lipinski definition) is 4. The van der Waals surface area contributed by atoms with Crippen LogP contribution in [0.2, 0.25) is 0 Å². The Hall–Kier alpha value is -2.34. The van der Waals surface area contributed by atoms with Crippen molar-refractivity contribution in [2.75, 3.05) is 32.6 Å². The lowest BCUT2D eigenvalue weighted by atomic mass is 10.2. The van der Waals surface area contributed by atoms with Crippen molar-refractivity contribution in [1.29, 1.82) is 0 Å². The number of aryl methyl sites for hydroxylation is 1. The van der Waals surface area contributed by atoms with Gasteiger partial charge in [0.2, 0.25) is 0 Å². The highest BCUT2D eigenvalue weighted by molar-refractivity contribution is 5.91. The van der Waals surface area contributed by atoms with Gasteiger partial charge in [0.15, 0.2) is 6.61 Å². The number of likely N-dealkylation sites (N-methyl/N-ethyl adjacent to an activating group) is 1. The summed E-state index contributed by atoms with van der Waals surface area (Å²) in [5, 5.41) is 6.99. The fraction of sp³-hybridized carbons (Fsp3) is 0.375. The van der Waals surface area contributed by atoms with Crippen molar-refractivity contribution in [2.24, 2.45) is 0 Å². The molecule has 2 aromatic rings. The van der Waals surface area contributed by atoms with Crippen molar-refractivity contribution in [1.82, 2.24) is 14.7 Å². The van der Waals surface area contributed by atoms with E-state index in [1.807, 2.05) is 51.5 Å². The first-order valence-electron chi connectivity index (χ1n) is 7.20. The van der Waals surface area contributed by atoms with E-state index in [4.69, 9.17) is 4.74 Å². The number of nitrogens with zero attached hydrogens (tertiary/aromatic N) is 3. The Balaban J connectivity index is 1.81. The number of carbonyl (C=O) groups excluding carboxylic acids is 1. The maximum Gasteiger partial charge on any atom is 0.262 e. The molecule has 1 N–H and O–H groups in total. The molecule has 1 heterocycles. The van der Waals surface area contributed by atoms with Gasteiger partial charge < -0.3 is 15.0 Å². The number of nitrogens with one attached hydrogen (secondary N) is 1. The Morgan fingerprint density at radius 3 is 2.86 bits per heavy atom. The molecule has 2 rings (SSSR count). The van der Waals surface area contributed by atoms with Gasteiger partial charge in [-0.15, -0.1) is 0 Å². The minimum absolute atomic E-state index is 0.0201. The zero-order valence-electron chi connectivity index (χ0n) is 13.2. The number of rotatable bonds is 7. The molecule has 0 saturated heterocycles. The van der Waals surface area contributed by atoms with Crippen LogP contribution in [-0.4, -0.2) is 47.8 Å². The monoisotopic (exact) mass is 302 g/mol. The molecule has 22 heavy (non-hydrogen) atoms. The van der Waals surface area contributed by atoms with Crippen LogP contribution in [0.3, 0.4) is 0 Å². The van der Waals surface area contributed by atoms with Crippen LogP contribution in [-0.2, 0) is 11.3 Å². The third-order valence-corrected chi connectivity index (χ3v) is 3.15. The van der Waals surface area contributed by atoms with Crippen LogP contribution in [0.15, 0.2) is 36.7 Å². The third-order valence-electron chi connectivity index (χ3n) is 3.15. The first-order valence-corrected chi connectivity index (χ1v) is 7.20. The van der Waals surface area contributed by atoms with E-state index < -0.39 is 0 Å². The largest absolute Gasteiger partial charge is 0.483 e. The average Bonchev–Trinajstić information content (AvgIpc) is 2.92. The van der Waals surface area contributed by atoms with Gasteiger partial charge in [0.05, 0.1) is 18.4 Å². The van der Waals surface area contributed by atoms with Crippen LogP contribution in [0.5, 0.6) is 5.75 Å². The van der Waals surface area contributed by atoms with Crippen LogP contribution in [0.25, 0.3) is 0 Å². The number of hydrogen-bond donors (Lipinski definition) is 1. The van der Waals surface area contributed by atoms with Gasteiger partial charge in [-0.25, -0.2) is 0 Å². The standard InChI is InChI=1S/C16H22N4O2/c1-13-6-4-5-7-15(13)22-12-16(21)18-14-10-17-20(11-14)9-8-19(2)3/h4-7,10-11H,8-9,12H2,1-3H3,(H,18,21). The summed E-state index contributed by atoms with van der Waals surface area (Å²) in [7, 11) is 4.02. The Bertz CT molecular complexity index is 622. The lowest BCUT2D eigenvalue weighted by Gasteiger charge is -2.09. The van der Waals surface area contributed by atoms with Gasteiger partial charge in [0.25, 0.3) is 5.91 Å². The molecule has 0 bridgehead atoms. The molecule has 0 aliphatic carbocycles. The van der Waals surface area contributed by atoms with Crippen molar-refractivity contribution in [3.63, 3.8) is 0 Å². The lowest BCUT2D eigenvalue weighted by molar-refractivity contribution is -0.118. The first kappa shape index (κ1) is 16.0. The average molecular weight is 302 g/mol. The smallest absolute Gasteiger partial charge is 0.262 e. The van der Waals surface area contributed by atoms with E-state index in [1.54, 1.807) is 10.9 Å². The van der Waals surface area contributed by atoms with Crippen molar-refractivity contribution >= 4 is 11.6 Å². The normalized spacial score (nSPS) is 10.7. The first-order chi connectivity index (χ1) is 10.5. The Kier molecular flexibility index (Phi) is 5.55. The van der Waals surface area contributed by atoms with Crippen LogP contribution >= 0.6 is 0 Å². The number of benzene rings is 1. The number of anilines is 1. The fourth-order valence-corrected chi connectivity index (χ4v) is 1.91. The van der Waals surface area contributed by atoms with Gasteiger partial charge >= 0.3 is 0 Å². The lowest BCUT2D eigenvalue weighted by Crippen LogP contribution is -2.20. The summed E-state index contributed by atoms with van der Waals surface area (Å²) in [4.78, 5) is 14.0. The van der Waals surface area contributed by atoms with Gasteiger partial charge in [-0.2, -0.15) is 5.10 Å². The van der Waals surface area contributed by atoms with E-state index in [0.29, 0.717) is 5.69 Å². The summed E-state index contributed by atoms with van der Waals surface area (Å²) >= 11 is 0. The molecule has 6 heteroatoms. The highest BCUT2D eigenvalue weighted by atomic mass is 16.5. The van der Waals surface area contributed by atoms with Crippen LogP contribution in [0.1, 0.15) is 5.56 Å². The molecular formula is C16H22N4O2. The van der Waals surface area contributed by atoms with Crippen LogP contribution < -0.4 is 10.1 Å². The van der Waals surface area contributed by atoms with E-state index in [1.165, 1.54) is 0 Å². The summed E-state index contributed by atoms with van der Waals surface area (Å²) in [6, 6.07) is 7.61. The predicted octanol–water partition coefficient (Wildman–Crippen LogP) is 1.77. The van der Waals surface area contributed by atoms with Crippen LogP contribution in [0.4, 0.5) is 5.69 Å². The number of ether oxygens (including phenoxy) is 1. The van der Waals surface area contributed by atoms with Gasteiger partial charge in [-0.1, -0.05) is 18.2 Å². The Labute approximate surface area is 130 Å². The van der Waals surface area contributed by atoms with E-state index in [2.05, 4.69) is 15.3 Å². The zero-order chi connectivity index (χ0) is 15.9. The van der Waals surface area contributed by atoms with Gasteiger partial charge in [0, 0.05) is 12.7 Å². The molecular weight excluding hydrogens is 280 g/mol. The van der Waals surface area contributed by atoms with Crippen LogP contribution in [0, 0.1) is 6.92 Å². The molecule has 0 fully saturated rings. The molecule has 0 radical (unpaired) electrons. The predicted molar refractivity (Wildman–Crippen MR) is 86.1 cm³/mol. The van der Waals surface area contributed by atoms with Crippen molar-refractivity contribution in [3.05, 3.63) is 42.2 Å². The van der Waals surface area contributed by atoms with Crippen molar-refractivity contribution in [3.8, 4) is 5.75 Å². The molecule has 0 aliphatic heterocycles. The number of amides is 1. The molecule has 0 unspecified atom stereocenters. The number of para-hydroxylation sites is 1. The number of carbonyl (C=O) groups is 1. The molecule has 1 amide bonds. The second-order valence-corrected chi connectivity index (χ2v) is 5.40.